The zero-order chi connectivity index (χ0) is 17.9. The molecule has 0 atom stereocenters. The average molecular weight is 359 g/mol. The molecule has 0 aliphatic heterocycles. The number of carbonyl (C=O) groups excluding carboxylic acids is 2. The Kier molecular flexibility index (Phi) is 4.95. The number of benzene rings is 2. The molecular weight excluding hydrogens is 340 g/mol. The highest BCUT2D eigenvalue weighted by molar-refractivity contribution is 6.30. The normalized spacial score (nSPS) is 14.5. The zero-order valence-electron chi connectivity index (χ0n) is 13.8. The Labute approximate surface area is 151 Å². The van der Waals surface area contributed by atoms with Crippen LogP contribution in [0.1, 0.15) is 19.8 Å². The maximum atomic E-state index is 12.6. The molecule has 2 aromatic rings. The summed E-state index contributed by atoms with van der Waals surface area (Å²) in [6.07, 6.45) is 1.07. The van der Waals surface area contributed by atoms with E-state index in [-0.39, 0.29) is 11.8 Å². The van der Waals surface area contributed by atoms with Gasteiger partial charge in [-0.3, -0.25) is 9.59 Å². The summed E-state index contributed by atoms with van der Waals surface area (Å²) in [7, 11) is 0. The van der Waals surface area contributed by atoms with Crippen molar-refractivity contribution in [2.45, 2.75) is 19.8 Å². The van der Waals surface area contributed by atoms with E-state index in [4.69, 9.17) is 16.3 Å². The molecule has 0 heterocycles. The van der Waals surface area contributed by atoms with Gasteiger partial charge in [0.25, 0.3) is 0 Å². The van der Waals surface area contributed by atoms with E-state index in [0.29, 0.717) is 35.8 Å². The van der Waals surface area contributed by atoms with E-state index in [1.165, 1.54) is 0 Å². The number of hydrogen-bond donors (Lipinski definition) is 2. The molecule has 25 heavy (non-hydrogen) atoms. The summed E-state index contributed by atoms with van der Waals surface area (Å²) in [6, 6.07) is 13.9. The third-order valence-corrected chi connectivity index (χ3v) is 4.40. The first-order valence-electron chi connectivity index (χ1n) is 8.15. The molecule has 0 spiro atoms. The predicted molar refractivity (Wildman–Crippen MR) is 98.0 cm³/mol. The second-order valence-electron chi connectivity index (χ2n) is 5.95. The van der Waals surface area contributed by atoms with Crippen molar-refractivity contribution in [2.75, 3.05) is 17.2 Å². The van der Waals surface area contributed by atoms with Crippen LogP contribution in [0.15, 0.2) is 48.5 Å². The highest BCUT2D eigenvalue weighted by Gasteiger charge is 2.56. The predicted octanol–water partition coefficient (Wildman–Crippen LogP) is 4.10. The molecule has 130 valence electrons. The Balaban J connectivity index is 1.64. The lowest BCUT2D eigenvalue weighted by molar-refractivity contribution is -0.131. The molecule has 5 nitrogen and oxygen atoms in total. The lowest BCUT2D eigenvalue weighted by Crippen LogP contribution is -2.35. The second-order valence-corrected chi connectivity index (χ2v) is 6.39. The first-order chi connectivity index (χ1) is 12.0. The van der Waals surface area contributed by atoms with Gasteiger partial charge in [-0.1, -0.05) is 11.6 Å². The average Bonchev–Trinajstić information content (AvgIpc) is 3.41. The van der Waals surface area contributed by atoms with Crippen molar-refractivity contribution in [3.05, 3.63) is 53.6 Å². The van der Waals surface area contributed by atoms with E-state index in [0.717, 1.165) is 5.75 Å². The molecule has 2 amide bonds. The van der Waals surface area contributed by atoms with Crippen molar-refractivity contribution < 1.29 is 14.3 Å². The topological polar surface area (TPSA) is 67.4 Å². The molecule has 1 aliphatic rings. The molecule has 0 saturated heterocycles. The Morgan fingerprint density at radius 3 is 1.88 bits per heavy atom. The van der Waals surface area contributed by atoms with Crippen molar-refractivity contribution >= 4 is 34.8 Å². The van der Waals surface area contributed by atoms with Crippen LogP contribution in [-0.4, -0.2) is 18.4 Å². The largest absolute Gasteiger partial charge is 0.494 e. The minimum atomic E-state index is -1.00. The molecule has 2 aromatic carbocycles. The molecular formula is C19H19ClN2O3. The number of carbonyl (C=O) groups is 2. The van der Waals surface area contributed by atoms with Crippen molar-refractivity contribution in [3.63, 3.8) is 0 Å². The van der Waals surface area contributed by atoms with Gasteiger partial charge in [0.05, 0.1) is 6.61 Å². The number of amides is 2. The maximum Gasteiger partial charge on any atom is 0.240 e. The van der Waals surface area contributed by atoms with E-state index in [1.54, 1.807) is 48.5 Å². The summed E-state index contributed by atoms with van der Waals surface area (Å²) in [4.78, 5) is 25.1. The van der Waals surface area contributed by atoms with Gasteiger partial charge in [-0.25, -0.2) is 0 Å². The maximum absolute atomic E-state index is 12.6. The Morgan fingerprint density at radius 1 is 0.960 bits per heavy atom. The van der Waals surface area contributed by atoms with Crippen molar-refractivity contribution in [1.82, 2.24) is 0 Å². The summed E-state index contributed by atoms with van der Waals surface area (Å²) < 4.78 is 5.37. The Hall–Kier alpha value is -2.53. The quantitative estimate of drug-likeness (QED) is 0.764. The van der Waals surface area contributed by atoms with Gasteiger partial charge in [0, 0.05) is 16.4 Å². The second kappa shape index (κ2) is 7.15. The molecule has 0 radical (unpaired) electrons. The van der Waals surface area contributed by atoms with E-state index < -0.39 is 5.41 Å². The van der Waals surface area contributed by atoms with Gasteiger partial charge in [0.15, 0.2) is 0 Å². The molecule has 3 rings (SSSR count). The molecule has 6 heteroatoms. The number of nitrogens with one attached hydrogen (secondary N) is 2. The zero-order valence-corrected chi connectivity index (χ0v) is 14.6. The molecule has 1 fully saturated rings. The first-order valence-corrected chi connectivity index (χ1v) is 8.52. The third kappa shape index (κ3) is 3.94. The molecule has 2 N–H and O–H groups in total. The third-order valence-electron chi connectivity index (χ3n) is 4.14. The fourth-order valence-corrected chi connectivity index (χ4v) is 2.64. The number of rotatable bonds is 6. The molecule has 0 aromatic heterocycles. The first kappa shape index (κ1) is 17.3. The minimum Gasteiger partial charge on any atom is -0.494 e. The van der Waals surface area contributed by atoms with Crippen LogP contribution in [0, 0.1) is 5.41 Å². The van der Waals surface area contributed by atoms with E-state index >= 15 is 0 Å². The fraction of sp³-hybridized carbons (Fsp3) is 0.263. The van der Waals surface area contributed by atoms with Gasteiger partial charge in [-0.15, -0.1) is 0 Å². The lowest BCUT2D eigenvalue weighted by atomic mass is 10.0. The summed E-state index contributed by atoms with van der Waals surface area (Å²) in [5.41, 5.74) is 0.256. The molecule has 1 aliphatic carbocycles. The van der Waals surface area contributed by atoms with Gasteiger partial charge in [-0.05, 0) is 68.3 Å². The monoisotopic (exact) mass is 358 g/mol. The van der Waals surface area contributed by atoms with Crippen LogP contribution in [0.5, 0.6) is 5.75 Å². The standard InChI is InChI=1S/C19H19ClN2O3/c1-2-25-16-9-7-15(8-10-16)22-18(24)19(11-12-19)17(23)21-14-5-3-13(20)4-6-14/h3-10H,2,11-12H2,1H3,(H,21,23)(H,22,24). The summed E-state index contributed by atoms with van der Waals surface area (Å²) in [5.74, 6) is 0.156. The Morgan fingerprint density at radius 2 is 1.44 bits per heavy atom. The van der Waals surface area contributed by atoms with Gasteiger partial charge in [0.2, 0.25) is 11.8 Å². The highest BCUT2D eigenvalue weighted by atomic mass is 35.5. The van der Waals surface area contributed by atoms with Crippen LogP contribution in [-0.2, 0) is 9.59 Å². The van der Waals surface area contributed by atoms with Crippen LogP contribution in [0.3, 0.4) is 0 Å². The van der Waals surface area contributed by atoms with E-state index in [2.05, 4.69) is 10.6 Å². The summed E-state index contributed by atoms with van der Waals surface area (Å²) in [6.45, 7) is 2.49. The van der Waals surface area contributed by atoms with E-state index in [1.807, 2.05) is 6.92 Å². The number of anilines is 2. The Bertz CT molecular complexity index is 768. The van der Waals surface area contributed by atoms with Crippen LogP contribution < -0.4 is 15.4 Å². The van der Waals surface area contributed by atoms with Gasteiger partial charge in [0.1, 0.15) is 11.2 Å². The van der Waals surface area contributed by atoms with Crippen LogP contribution in [0.4, 0.5) is 11.4 Å². The van der Waals surface area contributed by atoms with Crippen molar-refractivity contribution in [2.24, 2.45) is 5.41 Å². The molecule has 1 saturated carbocycles. The summed E-state index contributed by atoms with van der Waals surface area (Å²) in [5, 5.41) is 6.19. The number of halogens is 1. The smallest absolute Gasteiger partial charge is 0.240 e. The van der Waals surface area contributed by atoms with Crippen LogP contribution >= 0.6 is 11.6 Å². The SMILES string of the molecule is CCOc1ccc(NC(=O)C2(C(=O)Nc3ccc(Cl)cc3)CC2)cc1. The van der Waals surface area contributed by atoms with Gasteiger partial charge >= 0.3 is 0 Å². The van der Waals surface area contributed by atoms with Gasteiger partial charge < -0.3 is 15.4 Å². The number of hydrogen-bond acceptors (Lipinski definition) is 3. The minimum absolute atomic E-state index is 0.289. The molecule has 0 bridgehead atoms. The highest BCUT2D eigenvalue weighted by Crippen LogP contribution is 2.47. The van der Waals surface area contributed by atoms with Crippen molar-refractivity contribution in [1.29, 1.82) is 0 Å². The van der Waals surface area contributed by atoms with Crippen LogP contribution in [0.25, 0.3) is 0 Å². The van der Waals surface area contributed by atoms with E-state index in [9.17, 15) is 9.59 Å². The number of ether oxygens (including phenoxy) is 1. The van der Waals surface area contributed by atoms with Crippen molar-refractivity contribution in [3.8, 4) is 5.75 Å². The van der Waals surface area contributed by atoms with Gasteiger partial charge in [-0.2, -0.15) is 0 Å². The fourth-order valence-electron chi connectivity index (χ4n) is 2.52. The van der Waals surface area contributed by atoms with Crippen LogP contribution in [0.2, 0.25) is 5.02 Å². The molecule has 0 unspecified atom stereocenters. The lowest BCUT2D eigenvalue weighted by Gasteiger charge is -2.16. The summed E-state index contributed by atoms with van der Waals surface area (Å²) >= 11 is 5.84.